The van der Waals surface area contributed by atoms with Crippen LogP contribution < -0.4 is 0 Å². The Kier molecular flexibility index (Phi) is 2.53. The Morgan fingerprint density at radius 1 is 1.36 bits per heavy atom. The summed E-state index contributed by atoms with van der Waals surface area (Å²) in [5.41, 5.74) is 1.86. The number of nitrogens with zero attached hydrogens (tertiary/aromatic N) is 1. The lowest BCUT2D eigenvalue weighted by molar-refractivity contribution is 0.467. The Balaban J connectivity index is 2.35. The molecule has 0 N–H and O–H groups in total. The lowest BCUT2D eigenvalue weighted by atomic mass is 10.1. The predicted molar refractivity (Wildman–Crippen MR) is 57.3 cm³/mol. The standard InChI is InChI=1S/C12H15NO/c1-3-6-9(2)12-13-10-7-4-5-8-11(10)14-12/h4-5,7-9H,3,6H2,1-2H3. The molecule has 1 heterocycles. The molecule has 2 nitrogen and oxygen atoms in total. The second kappa shape index (κ2) is 3.82. The minimum atomic E-state index is 0.424. The SMILES string of the molecule is CCCC(C)c1nc2ccccc2o1. The van der Waals surface area contributed by atoms with E-state index in [0.717, 1.165) is 23.4 Å². The zero-order valence-corrected chi connectivity index (χ0v) is 8.66. The Bertz CT molecular complexity index is 386. The maximum absolute atomic E-state index is 5.67. The number of para-hydroxylation sites is 2. The van der Waals surface area contributed by atoms with Gasteiger partial charge < -0.3 is 4.42 Å². The summed E-state index contributed by atoms with van der Waals surface area (Å²) in [6.07, 6.45) is 2.30. The average molecular weight is 189 g/mol. The molecule has 0 bridgehead atoms. The van der Waals surface area contributed by atoms with Crippen molar-refractivity contribution in [1.29, 1.82) is 0 Å². The monoisotopic (exact) mass is 189 g/mol. The van der Waals surface area contributed by atoms with E-state index in [2.05, 4.69) is 18.8 Å². The third kappa shape index (κ3) is 1.65. The minimum absolute atomic E-state index is 0.424. The largest absolute Gasteiger partial charge is 0.440 e. The fourth-order valence-corrected chi connectivity index (χ4v) is 1.66. The van der Waals surface area contributed by atoms with Crippen LogP contribution >= 0.6 is 0 Å². The highest BCUT2D eigenvalue weighted by atomic mass is 16.3. The van der Waals surface area contributed by atoms with Crippen molar-refractivity contribution in [3.8, 4) is 0 Å². The van der Waals surface area contributed by atoms with Crippen LogP contribution in [0.25, 0.3) is 11.1 Å². The van der Waals surface area contributed by atoms with Gasteiger partial charge in [-0.3, -0.25) is 0 Å². The topological polar surface area (TPSA) is 26.0 Å². The van der Waals surface area contributed by atoms with Gasteiger partial charge in [-0.05, 0) is 18.6 Å². The van der Waals surface area contributed by atoms with Gasteiger partial charge in [0.15, 0.2) is 11.5 Å². The molecule has 1 aromatic carbocycles. The molecular formula is C12H15NO. The van der Waals surface area contributed by atoms with Gasteiger partial charge in [-0.25, -0.2) is 4.98 Å². The number of rotatable bonds is 3. The quantitative estimate of drug-likeness (QED) is 0.735. The molecule has 2 rings (SSSR count). The maximum atomic E-state index is 5.67. The highest BCUT2D eigenvalue weighted by molar-refractivity contribution is 5.72. The van der Waals surface area contributed by atoms with E-state index >= 15 is 0 Å². The van der Waals surface area contributed by atoms with Gasteiger partial charge in [0.25, 0.3) is 0 Å². The van der Waals surface area contributed by atoms with E-state index in [-0.39, 0.29) is 0 Å². The average Bonchev–Trinajstić information content (AvgIpc) is 2.61. The molecule has 0 radical (unpaired) electrons. The number of benzene rings is 1. The molecule has 0 aliphatic rings. The molecule has 0 fully saturated rings. The number of fused-ring (bicyclic) bond motifs is 1. The van der Waals surface area contributed by atoms with Gasteiger partial charge in [0.05, 0.1) is 0 Å². The van der Waals surface area contributed by atoms with E-state index in [1.54, 1.807) is 0 Å². The summed E-state index contributed by atoms with van der Waals surface area (Å²) in [7, 11) is 0. The summed E-state index contributed by atoms with van der Waals surface area (Å²) < 4.78 is 5.67. The molecule has 0 aliphatic carbocycles. The molecule has 1 atom stereocenters. The Morgan fingerprint density at radius 3 is 2.86 bits per heavy atom. The molecule has 2 heteroatoms. The summed E-state index contributed by atoms with van der Waals surface area (Å²) in [6, 6.07) is 7.91. The van der Waals surface area contributed by atoms with Crippen LogP contribution in [0.4, 0.5) is 0 Å². The van der Waals surface area contributed by atoms with Crippen molar-refractivity contribution < 1.29 is 4.42 Å². The van der Waals surface area contributed by atoms with Crippen LogP contribution in [0.15, 0.2) is 28.7 Å². The van der Waals surface area contributed by atoms with Crippen molar-refractivity contribution >= 4 is 11.1 Å². The molecule has 0 saturated carbocycles. The summed E-state index contributed by atoms with van der Waals surface area (Å²) in [6.45, 7) is 4.34. The predicted octanol–water partition coefficient (Wildman–Crippen LogP) is 3.73. The first kappa shape index (κ1) is 9.25. The third-order valence-electron chi connectivity index (χ3n) is 2.45. The zero-order valence-electron chi connectivity index (χ0n) is 8.66. The van der Waals surface area contributed by atoms with E-state index in [4.69, 9.17) is 4.42 Å². The van der Waals surface area contributed by atoms with Crippen molar-refractivity contribution in [1.82, 2.24) is 4.98 Å². The first-order valence-electron chi connectivity index (χ1n) is 5.16. The normalized spacial score (nSPS) is 13.3. The number of hydrogen-bond donors (Lipinski definition) is 0. The minimum Gasteiger partial charge on any atom is -0.440 e. The Hall–Kier alpha value is -1.31. The van der Waals surface area contributed by atoms with Crippen LogP contribution in [-0.4, -0.2) is 4.98 Å². The lowest BCUT2D eigenvalue weighted by Gasteiger charge is -2.02. The van der Waals surface area contributed by atoms with E-state index in [9.17, 15) is 0 Å². The van der Waals surface area contributed by atoms with Crippen molar-refractivity contribution in [3.05, 3.63) is 30.2 Å². The molecule has 1 unspecified atom stereocenters. The van der Waals surface area contributed by atoms with Gasteiger partial charge in [-0.15, -0.1) is 0 Å². The van der Waals surface area contributed by atoms with Crippen molar-refractivity contribution in [2.24, 2.45) is 0 Å². The van der Waals surface area contributed by atoms with E-state index < -0.39 is 0 Å². The zero-order chi connectivity index (χ0) is 9.97. The fraction of sp³-hybridized carbons (Fsp3) is 0.417. The lowest BCUT2D eigenvalue weighted by Crippen LogP contribution is -1.91. The third-order valence-corrected chi connectivity index (χ3v) is 2.45. The van der Waals surface area contributed by atoms with Gasteiger partial charge in [-0.1, -0.05) is 32.4 Å². The van der Waals surface area contributed by atoms with E-state index in [0.29, 0.717) is 5.92 Å². The van der Waals surface area contributed by atoms with E-state index in [1.165, 1.54) is 6.42 Å². The summed E-state index contributed by atoms with van der Waals surface area (Å²) >= 11 is 0. The molecule has 1 aromatic heterocycles. The molecule has 14 heavy (non-hydrogen) atoms. The summed E-state index contributed by atoms with van der Waals surface area (Å²) in [5.74, 6) is 1.29. The first-order valence-corrected chi connectivity index (χ1v) is 5.16. The van der Waals surface area contributed by atoms with Crippen LogP contribution in [0.1, 0.15) is 38.5 Å². The molecule has 74 valence electrons. The summed E-state index contributed by atoms with van der Waals surface area (Å²) in [5, 5.41) is 0. The van der Waals surface area contributed by atoms with Gasteiger partial charge in [0.2, 0.25) is 0 Å². The van der Waals surface area contributed by atoms with Crippen LogP contribution in [0.2, 0.25) is 0 Å². The van der Waals surface area contributed by atoms with Gasteiger partial charge in [-0.2, -0.15) is 0 Å². The molecule has 0 saturated heterocycles. The number of oxazole rings is 1. The van der Waals surface area contributed by atoms with Crippen molar-refractivity contribution in [2.45, 2.75) is 32.6 Å². The maximum Gasteiger partial charge on any atom is 0.198 e. The van der Waals surface area contributed by atoms with E-state index in [1.807, 2.05) is 24.3 Å². The van der Waals surface area contributed by atoms with Crippen LogP contribution in [-0.2, 0) is 0 Å². The number of hydrogen-bond acceptors (Lipinski definition) is 2. The highest BCUT2D eigenvalue weighted by Crippen LogP contribution is 2.23. The Morgan fingerprint density at radius 2 is 2.14 bits per heavy atom. The fourth-order valence-electron chi connectivity index (χ4n) is 1.66. The smallest absolute Gasteiger partial charge is 0.198 e. The molecule has 2 aromatic rings. The first-order chi connectivity index (χ1) is 6.81. The van der Waals surface area contributed by atoms with Crippen LogP contribution in [0, 0.1) is 0 Å². The van der Waals surface area contributed by atoms with Crippen LogP contribution in [0.3, 0.4) is 0 Å². The Labute approximate surface area is 84.0 Å². The number of aromatic nitrogens is 1. The molecule has 0 amide bonds. The van der Waals surface area contributed by atoms with Gasteiger partial charge >= 0.3 is 0 Å². The molecule has 0 aliphatic heterocycles. The van der Waals surface area contributed by atoms with Crippen molar-refractivity contribution in [3.63, 3.8) is 0 Å². The summed E-state index contributed by atoms with van der Waals surface area (Å²) in [4.78, 5) is 4.46. The molecule has 0 spiro atoms. The van der Waals surface area contributed by atoms with Gasteiger partial charge in [0.1, 0.15) is 5.52 Å². The highest BCUT2D eigenvalue weighted by Gasteiger charge is 2.11. The van der Waals surface area contributed by atoms with Crippen LogP contribution in [0.5, 0.6) is 0 Å². The second-order valence-corrected chi connectivity index (χ2v) is 3.71. The molecular weight excluding hydrogens is 174 g/mol. The second-order valence-electron chi connectivity index (χ2n) is 3.71. The van der Waals surface area contributed by atoms with Crippen molar-refractivity contribution in [2.75, 3.05) is 0 Å². The van der Waals surface area contributed by atoms with Gasteiger partial charge in [0, 0.05) is 5.92 Å².